The molecule has 0 aromatic carbocycles. The number of rotatable bonds is 21. The predicted octanol–water partition coefficient (Wildman–Crippen LogP) is 10.3. The SMILES string of the molecule is CCCCC[C@@](C)(/C=C/[C@@H]1/C(=N/OCCCC)C[C@H](O[Si](C)(C)C)[C@H]1C/C=C\CCCC(=O)O[Si](C)(C)C)O[Si](C)(C)C. The minimum atomic E-state index is -1.83. The Morgan fingerprint density at radius 2 is 1.58 bits per heavy atom. The summed E-state index contributed by atoms with van der Waals surface area (Å²) < 4.78 is 19.2. The van der Waals surface area contributed by atoms with Crippen molar-refractivity contribution in [1.82, 2.24) is 0 Å². The second-order valence-electron chi connectivity index (χ2n) is 15.5. The van der Waals surface area contributed by atoms with E-state index < -0.39 is 25.0 Å². The molecule has 1 aliphatic carbocycles. The Morgan fingerprint density at radius 3 is 2.16 bits per heavy atom. The van der Waals surface area contributed by atoms with Crippen LogP contribution < -0.4 is 0 Å². The van der Waals surface area contributed by atoms with E-state index in [0.29, 0.717) is 13.0 Å². The lowest BCUT2D eigenvalue weighted by atomic mass is 9.88. The largest absolute Gasteiger partial charge is 0.520 e. The maximum Gasteiger partial charge on any atom is 0.292 e. The van der Waals surface area contributed by atoms with Gasteiger partial charge in [-0.15, -0.1) is 0 Å². The van der Waals surface area contributed by atoms with Gasteiger partial charge in [-0.25, -0.2) is 0 Å². The van der Waals surface area contributed by atoms with Gasteiger partial charge in [0.2, 0.25) is 8.32 Å². The van der Waals surface area contributed by atoms with Crippen molar-refractivity contribution in [2.24, 2.45) is 17.0 Å². The Morgan fingerprint density at radius 1 is 0.907 bits per heavy atom. The van der Waals surface area contributed by atoms with E-state index in [1.54, 1.807) is 0 Å². The molecule has 0 spiro atoms. The van der Waals surface area contributed by atoms with Crippen LogP contribution in [0.1, 0.15) is 91.4 Å². The molecule has 0 aliphatic heterocycles. The first-order valence-electron chi connectivity index (χ1n) is 17.0. The minimum Gasteiger partial charge on any atom is -0.520 e. The van der Waals surface area contributed by atoms with E-state index in [-0.39, 0.29) is 29.5 Å². The average Bonchev–Trinajstić information content (AvgIpc) is 3.15. The van der Waals surface area contributed by atoms with Crippen molar-refractivity contribution < 1.29 is 22.9 Å². The molecule has 0 aromatic heterocycles. The molecule has 250 valence electrons. The number of carbonyl (C=O) groups is 1. The molecule has 1 rings (SSSR count). The highest BCUT2D eigenvalue weighted by atomic mass is 28.4. The molecule has 0 bridgehead atoms. The minimum absolute atomic E-state index is 0.0661. The smallest absolute Gasteiger partial charge is 0.292 e. The molecule has 6 nitrogen and oxygen atoms in total. The van der Waals surface area contributed by atoms with Gasteiger partial charge in [0.15, 0.2) is 16.6 Å². The molecule has 43 heavy (non-hydrogen) atoms. The normalized spacial score (nSPS) is 22.5. The van der Waals surface area contributed by atoms with Gasteiger partial charge < -0.3 is 18.1 Å². The van der Waals surface area contributed by atoms with Crippen LogP contribution in [0.15, 0.2) is 29.5 Å². The summed E-state index contributed by atoms with van der Waals surface area (Å²) >= 11 is 0. The van der Waals surface area contributed by atoms with Crippen molar-refractivity contribution in [3.05, 3.63) is 24.3 Å². The van der Waals surface area contributed by atoms with Crippen LogP contribution in [-0.4, -0.2) is 54.9 Å². The van der Waals surface area contributed by atoms with Gasteiger partial charge in [-0.3, -0.25) is 4.79 Å². The van der Waals surface area contributed by atoms with Gasteiger partial charge in [-0.1, -0.05) is 69.0 Å². The number of unbranched alkanes of at least 4 members (excludes halogenated alkanes) is 4. The van der Waals surface area contributed by atoms with Crippen LogP contribution in [0.3, 0.4) is 0 Å². The highest BCUT2D eigenvalue weighted by Crippen LogP contribution is 2.39. The van der Waals surface area contributed by atoms with Gasteiger partial charge in [0.25, 0.3) is 5.97 Å². The van der Waals surface area contributed by atoms with Crippen LogP contribution in [0.2, 0.25) is 58.9 Å². The van der Waals surface area contributed by atoms with Crippen molar-refractivity contribution in [2.45, 2.75) is 162 Å². The molecule has 0 unspecified atom stereocenters. The fourth-order valence-electron chi connectivity index (χ4n) is 5.57. The zero-order chi connectivity index (χ0) is 32.7. The average molecular weight is 654 g/mol. The zero-order valence-electron chi connectivity index (χ0n) is 30.0. The third-order valence-corrected chi connectivity index (χ3v) is 10.2. The maximum atomic E-state index is 12.1. The zero-order valence-corrected chi connectivity index (χ0v) is 33.0. The third kappa shape index (κ3) is 18.5. The van der Waals surface area contributed by atoms with E-state index in [1.165, 1.54) is 12.8 Å². The standard InChI is InChI=1S/C34H67NO5Si3/c1-13-15-21-25-34(3,40-43(10,11)12)26-24-29-30(22-19-17-18-20-23-33(36)39-42(7,8)9)32(38-41(4,5)6)28-31(29)35-37-27-16-14-2/h17,19,24,26,29-30,32H,13-16,18,20-23,25,27-28H2,1-12H3/b19-17-,26-24+,35-31+/t29-,30-,32-,34-/m0/s1. The number of allylic oxidation sites excluding steroid dienone is 3. The molecular weight excluding hydrogens is 587 g/mol. The third-order valence-electron chi connectivity index (χ3n) is 7.23. The maximum absolute atomic E-state index is 12.1. The van der Waals surface area contributed by atoms with E-state index in [4.69, 9.17) is 23.3 Å². The number of oxime groups is 1. The second kappa shape index (κ2) is 18.8. The van der Waals surface area contributed by atoms with Crippen molar-refractivity contribution in [1.29, 1.82) is 0 Å². The van der Waals surface area contributed by atoms with E-state index >= 15 is 0 Å². The molecule has 1 aliphatic rings. The molecule has 0 amide bonds. The summed E-state index contributed by atoms with van der Waals surface area (Å²) in [5, 5.41) is 4.73. The first-order chi connectivity index (χ1) is 19.9. The molecular formula is C34H67NO5Si3. The van der Waals surface area contributed by atoms with Crippen molar-refractivity contribution >= 4 is 36.6 Å². The Balaban J connectivity index is 3.23. The summed E-state index contributed by atoms with van der Waals surface area (Å²) in [6, 6.07) is 0. The van der Waals surface area contributed by atoms with Crippen molar-refractivity contribution in [3.63, 3.8) is 0 Å². The van der Waals surface area contributed by atoms with Crippen molar-refractivity contribution in [3.8, 4) is 0 Å². The van der Waals surface area contributed by atoms with Gasteiger partial charge in [-0.05, 0) is 104 Å². The van der Waals surface area contributed by atoms with Crippen LogP contribution in [0.4, 0.5) is 0 Å². The first kappa shape index (κ1) is 40.0. The molecule has 4 atom stereocenters. The summed E-state index contributed by atoms with van der Waals surface area (Å²) in [5.41, 5.74) is 0.795. The van der Waals surface area contributed by atoms with Crippen LogP contribution in [0.5, 0.6) is 0 Å². The Hall–Kier alpha value is -1.01. The van der Waals surface area contributed by atoms with Gasteiger partial charge >= 0.3 is 0 Å². The van der Waals surface area contributed by atoms with E-state index in [9.17, 15) is 4.79 Å². The highest BCUT2D eigenvalue weighted by molar-refractivity contribution is 6.71. The lowest BCUT2D eigenvalue weighted by Crippen LogP contribution is -2.39. The van der Waals surface area contributed by atoms with Crippen LogP contribution in [0, 0.1) is 11.8 Å². The Bertz CT molecular complexity index is 901. The summed E-state index contributed by atoms with van der Waals surface area (Å²) in [7, 11) is -5.37. The topological polar surface area (TPSA) is 66.4 Å². The van der Waals surface area contributed by atoms with E-state index in [0.717, 1.165) is 57.1 Å². The molecule has 9 heteroatoms. The molecule has 0 N–H and O–H groups in total. The fraction of sp³-hybridized carbons (Fsp3) is 0.824. The molecule has 0 saturated heterocycles. The van der Waals surface area contributed by atoms with Gasteiger partial charge in [-0.2, -0.15) is 0 Å². The van der Waals surface area contributed by atoms with Gasteiger partial charge in [0, 0.05) is 18.8 Å². The van der Waals surface area contributed by atoms with E-state index in [2.05, 4.69) is 84.4 Å². The number of hydrogen-bond acceptors (Lipinski definition) is 6. The Kier molecular flexibility index (Phi) is 17.5. The first-order valence-corrected chi connectivity index (χ1v) is 27.2. The van der Waals surface area contributed by atoms with E-state index in [1.807, 2.05) is 19.6 Å². The number of nitrogens with zero attached hydrogens (tertiary/aromatic N) is 1. The van der Waals surface area contributed by atoms with Gasteiger partial charge in [0.1, 0.15) is 6.61 Å². The monoisotopic (exact) mass is 653 g/mol. The Labute approximate surface area is 268 Å². The summed E-state index contributed by atoms with van der Waals surface area (Å²) in [6.07, 6.45) is 19.9. The number of carbonyl (C=O) groups excluding carboxylic acids is 1. The summed E-state index contributed by atoms with van der Waals surface area (Å²) in [6.45, 7) is 27.1. The highest BCUT2D eigenvalue weighted by Gasteiger charge is 2.42. The lowest BCUT2D eigenvalue weighted by molar-refractivity contribution is -0.135. The molecule has 0 aromatic rings. The van der Waals surface area contributed by atoms with Crippen molar-refractivity contribution in [2.75, 3.05) is 6.61 Å². The van der Waals surface area contributed by atoms with Crippen LogP contribution >= 0.6 is 0 Å². The second-order valence-corrected chi connectivity index (χ2v) is 28.8. The summed E-state index contributed by atoms with van der Waals surface area (Å²) in [4.78, 5) is 18.0. The number of hydrogen-bond donors (Lipinski definition) is 0. The summed E-state index contributed by atoms with van der Waals surface area (Å²) in [5.74, 6) is 0.343. The van der Waals surface area contributed by atoms with Crippen LogP contribution in [0.25, 0.3) is 0 Å². The quantitative estimate of drug-likeness (QED) is 0.0534. The molecule has 0 heterocycles. The molecule has 1 saturated carbocycles. The lowest BCUT2D eigenvalue weighted by Gasteiger charge is -2.35. The van der Waals surface area contributed by atoms with Crippen LogP contribution in [-0.2, 0) is 22.9 Å². The molecule has 0 radical (unpaired) electrons. The predicted molar refractivity (Wildman–Crippen MR) is 191 cm³/mol. The van der Waals surface area contributed by atoms with Gasteiger partial charge in [0.05, 0.1) is 17.4 Å². The fourth-order valence-corrected chi connectivity index (χ4v) is 9.09. The molecule has 1 fully saturated rings.